The third-order valence-corrected chi connectivity index (χ3v) is 7.73. The van der Waals surface area contributed by atoms with Crippen LogP contribution in [0.4, 0.5) is 10.6 Å². The zero-order valence-electron chi connectivity index (χ0n) is 25.2. The molecule has 0 saturated carbocycles. The molecule has 1 fully saturated rings. The Hall–Kier alpha value is -4.58. The lowest BCUT2D eigenvalue weighted by molar-refractivity contribution is 0.0919. The average molecular weight is 598 g/mol. The second-order valence-corrected chi connectivity index (χ2v) is 11.0. The molecule has 11 nitrogen and oxygen atoms in total. The van der Waals surface area contributed by atoms with Gasteiger partial charge >= 0.3 is 6.03 Å². The summed E-state index contributed by atoms with van der Waals surface area (Å²) in [5.74, 6) is 0.255. The van der Waals surface area contributed by atoms with E-state index in [0.717, 1.165) is 24.3 Å². The van der Waals surface area contributed by atoms with Gasteiger partial charge in [-0.15, -0.1) is 0 Å². The summed E-state index contributed by atoms with van der Waals surface area (Å²) in [6.07, 6.45) is 0.874. The summed E-state index contributed by atoms with van der Waals surface area (Å²) in [5, 5.41) is 23.4. The summed E-state index contributed by atoms with van der Waals surface area (Å²) in [7, 11) is 1.69. The van der Waals surface area contributed by atoms with Crippen LogP contribution >= 0.6 is 0 Å². The van der Waals surface area contributed by atoms with Crippen molar-refractivity contribution in [1.82, 2.24) is 30.3 Å². The van der Waals surface area contributed by atoms with Crippen LogP contribution in [0.3, 0.4) is 0 Å². The maximum absolute atomic E-state index is 13.6. The Morgan fingerprint density at radius 3 is 2.50 bits per heavy atom. The molecular formula is C33H39N7O4. The van der Waals surface area contributed by atoms with Crippen molar-refractivity contribution in [2.45, 2.75) is 31.9 Å². The van der Waals surface area contributed by atoms with E-state index in [2.05, 4.69) is 38.0 Å². The molecule has 0 radical (unpaired) electrons. The molecule has 1 saturated heterocycles. The predicted octanol–water partition coefficient (Wildman–Crippen LogP) is 3.59. The predicted molar refractivity (Wildman–Crippen MR) is 169 cm³/mol. The number of amides is 3. The van der Waals surface area contributed by atoms with Gasteiger partial charge in [-0.2, -0.15) is 5.10 Å². The van der Waals surface area contributed by atoms with E-state index >= 15 is 0 Å². The SMILES string of the molecule is COCCN1C[C@@H](NC(=O)Nc2c(C)c(-c3ccnc(C(=O)NC[C@H](C)O)c3)nn2-c2ccccc2)[C@H](c2ccccc2)C1. The van der Waals surface area contributed by atoms with Crippen molar-refractivity contribution in [3.63, 3.8) is 0 Å². The van der Waals surface area contributed by atoms with Crippen LogP contribution in [0.2, 0.25) is 0 Å². The van der Waals surface area contributed by atoms with Gasteiger partial charge in [0, 0.05) is 56.5 Å². The van der Waals surface area contributed by atoms with Crippen LogP contribution in [-0.2, 0) is 4.74 Å². The highest BCUT2D eigenvalue weighted by Gasteiger charge is 2.35. The number of carbonyl (C=O) groups excluding carboxylic acids is 2. The molecule has 3 heterocycles. The number of nitrogens with one attached hydrogen (secondary N) is 3. The van der Waals surface area contributed by atoms with E-state index in [0.29, 0.717) is 30.2 Å². The Morgan fingerprint density at radius 2 is 1.80 bits per heavy atom. The van der Waals surface area contributed by atoms with E-state index in [1.54, 1.807) is 37.0 Å². The Kier molecular flexibility index (Phi) is 10.0. The molecule has 0 bridgehead atoms. The summed E-state index contributed by atoms with van der Waals surface area (Å²) in [6, 6.07) is 22.8. The lowest BCUT2D eigenvalue weighted by atomic mass is 9.94. The van der Waals surface area contributed by atoms with E-state index in [9.17, 15) is 14.7 Å². The molecular weight excluding hydrogens is 558 g/mol. The summed E-state index contributed by atoms with van der Waals surface area (Å²) < 4.78 is 7.00. The lowest BCUT2D eigenvalue weighted by Gasteiger charge is -2.21. The number of hydrogen-bond donors (Lipinski definition) is 4. The monoisotopic (exact) mass is 597 g/mol. The van der Waals surface area contributed by atoms with Gasteiger partial charge in [-0.1, -0.05) is 48.5 Å². The minimum atomic E-state index is -0.675. The van der Waals surface area contributed by atoms with Crippen LogP contribution in [0.5, 0.6) is 0 Å². The van der Waals surface area contributed by atoms with Gasteiger partial charge in [-0.05, 0) is 43.7 Å². The maximum Gasteiger partial charge on any atom is 0.320 e. The zero-order chi connectivity index (χ0) is 31.1. The molecule has 2 aromatic carbocycles. The van der Waals surface area contributed by atoms with Gasteiger partial charge in [0.25, 0.3) is 5.91 Å². The van der Waals surface area contributed by atoms with E-state index in [4.69, 9.17) is 9.84 Å². The van der Waals surface area contributed by atoms with Crippen molar-refractivity contribution in [3.8, 4) is 16.9 Å². The summed E-state index contributed by atoms with van der Waals surface area (Å²) in [5.41, 5.74) is 4.16. The number of aromatic nitrogens is 3. The molecule has 3 amide bonds. The van der Waals surface area contributed by atoms with Crippen LogP contribution < -0.4 is 16.0 Å². The third-order valence-electron chi connectivity index (χ3n) is 7.73. The minimum absolute atomic E-state index is 0.106. The highest BCUT2D eigenvalue weighted by Crippen LogP contribution is 2.31. The molecule has 5 rings (SSSR count). The molecule has 2 aromatic heterocycles. The first-order valence-corrected chi connectivity index (χ1v) is 14.8. The standard InChI is InChI=1S/C33H39N7O4/c1-22(41)19-35-32(42)28-18-25(14-15-34-28)30-23(2)31(40(38-30)26-12-8-5-9-13-26)37-33(43)36-29-21-39(16-17-44-3)20-27(29)24-10-6-4-7-11-24/h4-15,18,22,27,29,41H,16-17,19-21H2,1-3H3,(H,35,42)(H2,36,37,43)/t22-,27-,29+/m0/s1. The topological polar surface area (TPSA) is 134 Å². The van der Waals surface area contributed by atoms with Crippen molar-refractivity contribution < 1.29 is 19.4 Å². The Labute approximate surface area is 257 Å². The molecule has 4 N–H and O–H groups in total. The first-order chi connectivity index (χ1) is 21.3. The third kappa shape index (κ3) is 7.31. The van der Waals surface area contributed by atoms with Gasteiger partial charge in [0.2, 0.25) is 0 Å². The van der Waals surface area contributed by atoms with Gasteiger partial charge in [0.1, 0.15) is 11.5 Å². The molecule has 1 aliphatic rings. The molecule has 230 valence electrons. The van der Waals surface area contributed by atoms with Crippen LogP contribution in [0, 0.1) is 6.92 Å². The number of hydrogen-bond acceptors (Lipinski definition) is 7. The molecule has 44 heavy (non-hydrogen) atoms. The van der Waals surface area contributed by atoms with Gasteiger partial charge in [-0.3, -0.25) is 20.0 Å². The number of ether oxygens (including phenoxy) is 1. The molecule has 0 unspecified atom stereocenters. The number of likely N-dealkylation sites (tertiary alicyclic amines) is 1. The number of rotatable bonds is 11. The lowest BCUT2D eigenvalue weighted by Crippen LogP contribution is -2.42. The van der Waals surface area contributed by atoms with Crippen molar-refractivity contribution in [1.29, 1.82) is 0 Å². The fourth-order valence-electron chi connectivity index (χ4n) is 5.49. The number of anilines is 1. The number of aliphatic hydroxyl groups is 1. The smallest absolute Gasteiger partial charge is 0.320 e. The van der Waals surface area contributed by atoms with E-state index in [1.165, 1.54) is 5.56 Å². The van der Waals surface area contributed by atoms with Crippen molar-refractivity contribution in [2.75, 3.05) is 45.2 Å². The maximum atomic E-state index is 13.6. The fourth-order valence-corrected chi connectivity index (χ4v) is 5.49. The Bertz CT molecular complexity index is 1560. The summed E-state index contributed by atoms with van der Waals surface area (Å²) >= 11 is 0. The Balaban J connectivity index is 1.42. The summed E-state index contributed by atoms with van der Waals surface area (Å²) in [4.78, 5) is 32.8. The highest BCUT2D eigenvalue weighted by atomic mass is 16.5. The van der Waals surface area contributed by atoms with Crippen LogP contribution in [0.1, 0.15) is 34.5 Å². The molecule has 0 aliphatic carbocycles. The highest BCUT2D eigenvalue weighted by molar-refractivity contribution is 5.94. The summed E-state index contributed by atoms with van der Waals surface area (Å²) in [6.45, 7) is 6.53. The number of methoxy groups -OCH3 is 1. The van der Waals surface area contributed by atoms with Gasteiger partial charge in [0.05, 0.1) is 30.1 Å². The molecule has 3 atom stereocenters. The first kappa shape index (κ1) is 30.9. The zero-order valence-corrected chi connectivity index (χ0v) is 25.2. The van der Waals surface area contributed by atoms with Crippen molar-refractivity contribution in [3.05, 3.63) is 95.8 Å². The Morgan fingerprint density at radius 1 is 1.07 bits per heavy atom. The fraction of sp³-hybridized carbons (Fsp3) is 0.333. The van der Waals surface area contributed by atoms with Gasteiger partial charge in [0.15, 0.2) is 0 Å². The van der Waals surface area contributed by atoms with Crippen molar-refractivity contribution >= 4 is 17.8 Å². The second kappa shape index (κ2) is 14.3. The normalized spacial score (nSPS) is 17.3. The largest absolute Gasteiger partial charge is 0.392 e. The number of urea groups is 1. The average Bonchev–Trinajstić information content (AvgIpc) is 3.59. The number of benzene rings is 2. The molecule has 4 aromatic rings. The van der Waals surface area contributed by atoms with Gasteiger partial charge < -0.3 is 20.5 Å². The van der Waals surface area contributed by atoms with Crippen molar-refractivity contribution in [2.24, 2.45) is 0 Å². The molecule has 11 heteroatoms. The van der Waals surface area contributed by atoms with Crippen LogP contribution in [0.15, 0.2) is 79.0 Å². The van der Waals surface area contributed by atoms with Gasteiger partial charge in [-0.25, -0.2) is 9.48 Å². The number of aliphatic hydroxyl groups excluding tert-OH is 1. The van der Waals surface area contributed by atoms with Crippen LogP contribution in [-0.4, -0.2) is 88.8 Å². The molecule has 1 aliphatic heterocycles. The number of carbonyl (C=O) groups is 2. The van der Waals surface area contributed by atoms with E-state index < -0.39 is 12.0 Å². The first-order valence-electron chi connectivity index (χ1n) is 14.8. The number of para-hydroxylation sites is 1. The number of pyridine rings is 1. The van der Waals surface area contributed by atoms with E-state index in [-0.39, 0.29) is 30.2 Å². The quantitative estimate of drug-likeness (QED) is 0.208. The number of nitrogens with zero attached hydrogens (tertiary/aromatic N) is 4. The van der Waals surface area contributed by atoms with Crippen LogP contribution in [0.25, 0.3) is 16.9 Å². The second-order valence-electron chi connectivity index (χ2n) is 11.0. The van der Waals surface area contributed by atoms with E-state index in [1.807, 2.05) is 55.5 Å². The molecule has 0 spiro atoms. The minimum Gasteiger partial charge on any atom is -0.392 e.